The van der Waals surface area contributed by atoms with Gasteiger partial charge in [-0.05, 0) is 54.3 Å². The van der Waals surface area contributed by atoms with E-state index in [1.54, 1.807) is 38.3 Å². The first-order valence-corrected chi connectivity index (χ1v) is 13.1. The SMILES string of the molecule is COc1cccc(/C=c2/sc3n(c2=O)[C@H](c2ccc(OC(C)=O)c(OC)c2)C(C(=O)OCC(C)C)=C(C)N=3)c1. The lowest BCUT2D eigenvalue weighted by molar-refractivity contribution is -0.140. The van der Waals surface area contributed by atoms with Gasteiger partial charge in [-0.2, -0.15) is 0 Å². The lowest BCUT2D eigenvalue weighted by Crippen LogP contribution is -2.40. The molecule has 9 nitrogen and oxygen atoms in total. The van der Waals surface area contributed by atoms with E-state index >= 15 is 0 Å². The quantitative estimate of drug-likeness (QED) is 0.313. The minimum atomic E-state index is -0.839. The van der Waals surface area contributed by atoms with Gasteiger partial charge in [-0.1, -0.05) is 43.4 Å². The van der Waals surface area contributed by atoms with Gasteiger partial charge in [-0.15, -0.1) is 0 Å². The average Bonchev–Trinajstić information content (AvgIpc) is 3.20. The number of aromatic nitrogens is 1. The Morgan fingerprint density at radius 2 is 1.87 bits per heavy atom. The third-order valence-corrected chi connectivity index (χ3v) is 6.92. The van der Waals surface area contributed by atoms with Crippen LogP contribution < -0.4 is 29.1 Å². The standard InChI is InChI=1S/C29H30N2O7S/c1-16(2)15-37-28(34)25-17(3)30-29-31(26(25)20-10-11-22(38-18(4)32)23(14-20)36-6)27(33)24(39-29)13-19-8-7-9-21(12-19)35-5/h7-14,16,26H,15H2,1-6H3/b24-13+/t26-/m1/s1. The predicted octanol–water partition coefficient (Wildman–Crippen LogP) is 3.38. The minimum absolute atomic E-state index is 0.125. The van der Waals surface area contributed by atoms with Crippen LogP contribution in [0, 0.1) is 5.92 Å². The molecule has 204 valence electrons. The van der Waals surface area contributed by atoms with Crippen molar-refractivity contribution in [3.63, 3.8) is 0 Å². The normalized spacial score (nSPS) is 15.1. The molecule has 1 atom stereocenters. The molecular formula is C29H30N2O7S. The van der Waals surface area contributed by atoms with Gasteiger partial charge in [-0.3, -0.25) is 14.2 Å². The van der Waals surface area contributed by atoms with Gasteiger partial charge in [0.25, 0.3) is 5.56 Å². The molecule has 0 aliphatic carbocycles. The maximum absolute atomic E-state index is 13.8. The van der Waals surface area contributed by atoms with E-state index in [9.17, 15) is 14.4 Å². The van der Waals surface area contributed by atoms with Crippen LogP contribution in [-0.4, -0.2) is 37.3 Å². The Hall–Kier alpha value is -4.18. The number of carbonyl (C=O) groups is 2. The smallest absolute Gasteiger partial charge is 0.338 e. The Labute approximate surface area is 229 Å². The zero-order valence-electron chi connectivity index (χ0n) is 22.6. The Bertz CT molecular complexity index is 1630. The number of fused-ring (bicyclic) bond motifs is 1. The third kappa shape index (κ3) is 5.96. The fourth-order valence-corrected chi connectivity index (χ4v) is 5.24. The molecule has 0 spiro atoms. The molecule has 1 aromatic heterocycles. The Morgan fingerprint density at radius 1 is 1.10 bits per heavy atom. The number of thiazole rings is 1. The molecular weight excluding hydrogens is 520 g/mol. The molecule has 1 aliphatic heterocycles. The molecule has 2 aromatic carbocycles. The fraction of sp³-hybridized carbons (Fsp3) is 0.310. The number of carbonyl (C=O) groups excluding carboxylic acids is 2. The number of hydrogen-bond acceptors (Lipinski definition) is 9. The van der Waals surface area contributed by atoms with Gasteiger partial charge in [-0.25, -0.2) is 9.79 Å². The Morgan fingerprint density at radius 3 is 2.54 bits per heavy atom. The summed E-state index contributed by atoms with van der Waals surface area (Å²) in [5, 5.41) is 0. The van der Waals surface area contributed by atoms with Gasteiger partial charge in [0.05, 0.1) is 42.7 Å². The predicted molar refractivity (Wildman–Crippen MR) is 147 cm³/mol. The lowest BCUT2D eigenvalue weighted by Gasteiger charge is -2.25. The van der Waals surface area contributed by atoms with E-state index in [0.29, 0.717) is 26.3 Å². The summed E-state index contributed by atoms with van der Waals surface area (Å²) in [6, 6.07) is 11.4. The summed E-state index contributed by atoms with van der Waals surface area (Å²) in [6.45, 7) is 7.12. The van der Waals surface area contributed by atoms with Crippen LogP contribution >= 0.6 is 11.3 Å². The van der Waals surface area contributed by atoms with Gasteiger partial charge >= 0.3 is 11.9 Å². The van der Waals surface area contributed by atoms with Gasteiger partial charge < -0.3 is 18.9 Å². The van der Waals surface area contributed by atoms with Crippen molar-refractivity contribution >= 4 is 29.4 Å². The van der Waals surface area contributed by atoms with E-state index in [1.165, 1.54) is 29.9 Å². The highest BCUT2D eigenvalue weighted by Gasteiger charge is 2.34. The molecule has 39 heavy (non-hydrogen) atoms. The molecule has 0 unspecified atom stereocenters. The lowest BCUT2D eigenvalue weighted by atomic mass is 9.95. The maximum Gasteiger partial charge on any atom is 0.338 e. The van der Waals surface area contributed by atoms with Crippen LogP contribution in [0.3, 0.4) is 0 Å². The van der Waals surface area contributed by atoms with Crippen molar-refractivity contribution in [1.29, 1.82) is 0 Å². The second kappa shape index (κ2) is 11.7. The molecule has 0 N–H and O–H groups in total. The minimum Gasteiger partial charge on any atom is -0.497 e. The van der Waals surface area contributed by atoms with E-state index in [1.807, 2.05) is 38.1 Å². The van der Waals surface area contributed by atoms with Crippen molar-refractivity contribution in [1.82, 2.24) is 4.57 Å². The molecule has 1 aliphatic rings. The summed E-state index contributed by atoms with van der Waals surface area (Å²) in [6.07, 6.45) is 1.77. The van der Waals surface area contributed by atoms with Crippen LogP contribution in [0.25, 0.3) is 6.08 Å². The van der Waals surface area contributed by atoms with Crippen molar-refractivity contribution in [2.24, 2.45) is 10.9 Å². The van der Waals surface area contributed by atoms with E-state index in [4.69, 9.17) is 18.9 Å². The summed E-state index contributed by atoms with van der Waals surface area (Å²) in [5.41, 5.74) is 1.75. The highest BCUT2D eigenvalue weighted by molar-refractivity contribution is 7.07. The average molecular weight is 551 g/mol. The largest absolute Gasteiger partial charge is 0.497 e. The van der Waals surface area contributed by atoms with Crippen LogP contribution in [0.2, 0.25) is 0 Å². The van der Waals surface area contributed by atoms with Crippen LogP contribution in [0.5, 0.6) is 17.2 Å². The van der Waals surface area contributed by atoms with Gasteiger partial charge in [0.15, 0.2) is 16.3 Å². The number of esters is 2. The molecule has 3 aromatic rings. The molecule has 0 radical (unpaired) electrons. The third-order valence-electron chi connectivity index (χ3n) is 5.94. The topological polar surface area (TPSA) is 105 Å². The number of hydrogen-bond donors (Lipinski definition) is 0. The highest BCUT2D eigenvalue weighted by atomic mass is 32.1. The molecule has 2 heterocycles. The van der Waals surface area contributed by atoms with Crippen molar-refractivity contribution in [3.8, 4) is 17.2 Å². The molecule has 0 saturated carbocycles. The van der Waals surface area contributed by atoms with E-state index in [0.717, 1.165) is 5.56 Å². The van der Waals surface area contributed by atoms with Crippen molar-refractivity contribution < 1.29 is 28.5 Å². The van der Waals surface area contributed by atoms with E-state index in [2.05, 4.69) is 4.99 Å². The fourth-order valence-electron chi connectivity index (χ4n) is 4.19. The zero-order chi connectivity index (χ0) is 28.3. The summed E-state index contributed by atoms with van der Waals surface area (Å²) in [7, 11) is 3.03. The van der Waals surface area contributed by atoms with E-state index < -0.39 is 18.0 Å². The second-order valence-corrected chi connectivity index (χ2v) is 10.4. The number of nitrogens with zero attached hydrogens (tertiary/aromatic N) is 2. The summed E-state index contributed by atoms with van der Waals surface area (Å²) in [4.78, 5) is 43.9. The van der Waals surface area contributed by atoms with Crippen molar-refractivity contribution in [3.05, 3.63) is 84.5 Å². The second-order valence-electron chi connectivity index (χ2n) is 9.35. The Balaban J connectivity index is 1.92. The number of benzene rings is 2. The summed E-state index contributed by atoms with van der Waals surface area (Å²) in [5.74, 6) is 0.246. The Kier molecular flexibility index (Phi) is 8.35. The molecule has 10 heteroatoms. The number of rotatable bonds is 8. The molecule has 0 bridgehead atoms. The van der Waals surface area contributed by atoms with Crippen molar-refractivity contribution in [2.75, 3.05) is 20.8 Å². The monoisotopic (exact) mass is 550 g/mol. The molecule has 0 saturated heterocycles. The van der Waals surface area contributed by atoms with Gasteiger partial charge in [0.2, 0.25) is 0 Å². The van der Waals surface area contributed by atoms with E-state index in [-0.39, 0.29) is 35.2 Å². The number of methoxy groups -OCH3 is 2. The highest BCUT2D eigenvalue weighted by Crippen LogP contribution is 2.36. The maximum atomic E-state index is 13.8. The van der Waals surface area contributed by atoms with Crippen LogP contribution in [0.4, 0.5) is 0 Å². The van der Waals surface area contributed by atoms with Crippen LogP contribution in [0.15, 0.2) is 63.5 Å². The molecule has 4 rings (SSSR count). The first kappa shape index (κ1) is 27.8. The first-order chi connectivity index (χ1) is 18.6. The van der Waals surface area contributed by atoms with Crippen molar-refractivity contribution in [2.45, 2.75) is 33.7 Å². The van der Waals surface area contributed by atoms with Crippen LogP contribution in [0.1, 0.15) is 44.9 Å². The molecule has 0 amide bonds. The number of ether oxygens (including phenoxy) is 4. The van der Waals surface area contributed by atoms with Gasteiger partial charge in [0.1, 0.15) is 5.75 Å². The van der Waals surface area contributed by atoms with Gasteiger partial charge in [0, 0.05) is 6.92 Å². The first-order valence-electron chi connectivity index (χ1n) is 12.3. The number of allylic oxidation sites excluding steroid dienone is 1. The summed E-state index contributed by atoms with van der Waals surface area (Å²) < 4.78 is 23.6. The summed E-state index contributed by atoms with van der Waals surface area (Å²) >= 11 is 1.23. The van der Waals surface area contributed by atoms with Crippen LogP contribution in [-0.2, 0) is 14.3 Å². The zero-order valence-corrected chi connectivity index (χ0v) is 23.5. The molecule has 0 fully saturated rings.